The first-order valence-corrected chi connectivity index (χ1v) is 12.1. The number of aryl methyl sites for hydroxylation is 1. The normalized spacial score (nSPS) is 14.9. The number of H-pyrrole nitrogens is 1. The SMILES string of the molecule is CCN(CCNC(=O)c1c(C)[nH]c(/C=C2\C(=O)Nc3ccc(F)cc32)c1C)C(=O)OC(C)OC(=O)C(C)N. The first-order chi connectivity index (χ1) is 17.9. The lowest BCUT2D eigenvalue weighted by Gasteiger charge is -2.23. The molecule has 3 rings (SSSR count). The van der Waals surface area contributed by atoms with E-state index in [-0.39, 0.29) is 30.5 Å². The molecule has 0 bridgehead atoms. The van der Waals surface area contributed by atoms with Crippen LogP contribution in [0.2, 0.25) is 0 Å². The molecule has 2 atom stereocenters. The van der Waals surface area contributed by atoms with Crippen LogP contribution in [0.3, 0.4) is 0 Å². The van der Waals surface area contributed by atoms with Gasteiger partial charge in [0.15, 0.2) is 0 Å². The number of halogens is 1. The lowest BCUT2D eigenvalue weighted by molar-refractivity contribution is -0.167. The zero-order valence-corrected chi connectivity index (χ0v) is 21.9. The number of nitrogens with one attached hydrogen (secondary N) is 3. The molecule has 0 saturated heterocycles. The van der Waals surface area contributed by atoms with E-state index in [1.807, 2.05) is 0 Å². The minimum absolute atomic E-state index is 0.130. The van der Waals surface area contributed by atoms with E-state index in [1.54, 1.807) is 26.8 Å². The van der Waals surface area contributed by atoms with Crippen molar-refractivity contribution in [2.45, 2.75) is 47.0 Å². The van der Waals surface area contributed by atoms with Gasteiger partial charge in [0.2, 0.25) is 6.29 Å². The van der Waals surface area contributed by atoms with Crippen molar-refractivity contribution in [3.05, 3.63) is 52.1 Å². The summed E-state index contributed by atoms with van der Waals surface area (Å²) in [5.74, 6) is -1.89. The average molecular weight is 530 g/mol. The van der Waals surface area contributed by atoms with Crippen LogP contribution in [0, 0.1) is 19.7 Å². The highest BCUT2D eigenvalue weighted by molar-refractivity contribution is 6.34. The Balaban J connectivity index is 1.64. The van der Waals surface area contributed by atoms with Gasteiger partial charge in [0.1, 0.15) is 11.9 Å². The van der Waals surface area contributed by atoms with Crippen molar-refractivity contribution in [1.29, 1.82) is 0 Å². The van der Waals surface area contributed by atoms with E-state index in [4.69, 9.17) is 15.2 Å². The van der Waals surface area contributed by atoms with Crippen LogP contribution in [-0.4, -0.2) is 65.7 Å². The predicted molar refractivity (Wildman–Crippen MR) is 138 cm³/mol. The molecule has 204 valence electrons. The van der Waals surface area contributed by atoms with Crippen LogP contribution in [0.5, 0.6) is 0 Å². The van der Waals surface area contributed by atoms with E-state index in [0.717, 1.165) is 0 Å². The number of carbonyl (C=O) groups is 4. The second kappa shape index (κ2) is 11.9. The molecule has 1 aromatic heterocycles. The summed E-state index contributed by atoms with van der Waals surface area (Å²) in [5.41, 5.74) is 8.82. The van der Waals surface area contributed by atoms with Crippen LogP contribution >= 0.6 is 0 Å². The Bertz CT molecular complexity index is 1290. The first-order valence-electron chi connectivity index (χ1n) is 12.1. The van der Waals surface area contributed by atoms with Crippen molar-refractivity contribution in [3.63, 3.8) is 0 Å². The van der Waals surface area contributed by atoms with Crippen molar-refractivity contribution < 1.29 is 33.0 Å². The molecule has 11 nitrogen and oxygen atoms in total. The van der Waals surface area contributed by atoms with E-state index in [0.29, 0.717) is 40.3 Å². The van der Waals surface area contributed by atoms with Gasteiger partial charge in [-0.15, -0.1) is 0 Å². The Morgan fingerprint density at radius 3 is 2.58 bits per heavy atom. The molecule has 0 radical (unpaired) electrons. The second-order valence-electron chi connectivity index (χ2n) is 8.88. The summed E-state index contributed by atoms with van der Waals surface area (Å²) in [4.78, 5) is 53.8. The number of esters is 1. The molecule has 1 aliphatic heterocycles. The summed E-state index contributed by atoms with van der Waals surface area (Å²) < 4.78 is 23.8. The highest BCUT2D eigenvalue weighted by Crippen LogP contribution is 2.34. The van der Waals surface area contributed by atoms with Crippen LogP contribution in [0.4, 0.5) is 14.9 Å². The second-order valence-corrected chi connectivity index (χ2v) is 8.88. The Kier molecular flexibility index (Phi) is 8.89. The summed E-state index contributed by atoms with van der Waals surface area (Å²) in [6, 6.07) is 3.20. The zero-order valence-electron chi connectivity index (χ0n) is 21.9. The van der Waals surface area contributed by atoms with Gasteiger partial charge in [0.05, 0.1) is 11.1 Å². The molecule has 0 saturated carbocycles. The maximum absolute atomic E-state index is 13.8. The number of rotatable bonds is 9. The number of anilines is 1. The van der Waals surface area contributed by atoms with E-state index >= 15 is 0 Å². The number of carbonyl (C=O) groups excluding carboxylic acids is 4. The van der Waals surface area contributed by atoms with Crippen molar-refractivity contribution in [2.24, 2.45) is 5.73 Å². The number of hydrogen-bond donors (Lipinski definition) is 4. The Morgan fingerprint density at radius 1 is 1.21 bits per heavy atom. The fourth-order valence-corrected chi connectivity index (χ4v) is 3.99. The number of nitrogens with zero attached hydrogens (tertiary/aromatic N) is 1. The van der Waals surface area contributed by atoms with Crippen molar-refractivity contribution in [1.82, 2.24) is 15.2 Å². The molecule has 1 aromatic carbocycles. The van der Waals surface area contributed by atoms with Crippen molar-refractivity contribution >= 4 is 41.2 Å². The maximum atomic E-state index is 13.8. The van der Waals surface area contributed by atoms with Gasteiger partial charge in [-0.3, -0.25) is 14.4 Å². The number of hydrogen-bond acceptors (Lipinski definition) is 7. The Morgan fingerprint density at radius 2 is 1.92 bits per heavy atom. The molecule has 38 heavy (non-hydrogen) atoms. The fourth-order valence-electron chi connectivity index (χ4n) is 3.99. The molecule has 0 spiro atoms. The lowest BCUT2D eigenvalue weighted by atomic mass is 10.0. The number of benzene rings is 1. The standard InChI is InChI=1S/C26H32FN5O6/c1-6-32(26(36)38-16(5)37-25(35)14(3)28)10-9-29-24(34)22-13(2)21(30-15(22)4)12-19-18-11-17(27)7-8-20(18)31-23(19)33/h7-8,11-12,14,16,30H,6,9-10,28H2,1-5H3,(H,29,34)(H,31,33)/b19-12-. The summed E-state index contributed by atoms with van der Waals surface area (Å²) >= 11 is 0. The number of ether oxygens (including phenoxy) is 2. The van der Waals surface area contributed by atoms with Gasteiger partial charge >= 0.3 is 12.1 Å². The molecular formula is C26H32FN5O6. The van der Waals surface area contributed by atoms with Crippen molar-refractivity contribution in [2.75, 3.05) is 25.0 Å². The Labute approximate surface area is 219 Å². The minimum Gasteiger partial charge on any atom is -0.424 e. The van der Waals surface area contributed by atoms with E-state index in [2.05, 4.69) is 15.6 Å². The fraction of sp³-hybridized carbons (Fsp3) is 0.385. The summed E-state index contributed by atoms with van der Waals surface area (Å²) in [6.45, 7) is 8.65. The average Bonchev–Trinajstić information content (AvgIpc) is 3.30. The van der Waals surface area contributed by atoms with Crippen LogP contribution in [0.25, 0.3) is 11.6 Å². The summed E-state index contributed by atoms with van der Waals surface area (Å²) in [5, 5.41) is 5.48. The van der Waals surface area contributed by atoms with Crippen LogP contribution in [0.15, 0.2) is 18.2 Å². The number of aromatic amines is 1. The topological polar surface area (TPSA) is 156 Å². The highest BCUT2D eigenvalue weighted by atomic mass is 19.1. The molecule has 1 aliphatic rings. The molecule has 0 aliphatic carbocycles. The number of fused-ring (bicyclic) bond motifs is 1. The number of likely N-dealkylation sites (N-methyl/N-ethyl adjacent to an activating group) is 1. The monoisotopic (exact) mass is 529 g/mol. The molecule has 5 N–H and O–H groups in total. The first kappa shape index (κ1) is 28.4. The quantitative estimate of drug-likeness (QED) is 0.221. The van der Waals surface area contributed by atoms with Gasteiger partial charge in [-0.1, -0.05) is 0 Å². The van der Waals surface area contributed by atoms with Gasteiger partial charge in [-0.2, -0.15) is 0 Å². The van der Waals surface area contributed by atoms with E-state index < -0.39 is 30.2 Å². The van der Waals surface area contributed by atoms with Gasteiger partial charge in [0.25, 0.3) is 11.8 Å². The molecule has 12 heteroatoms. The molecule has 2 aromatic rings. The zero-order chi connectivity index (χ0) is 28.1. The lowest BCUT2D eigenvalue weighted by Crippen LogP contribution is -2.41. The molecule has 3 amide bonds. The third kappa shape index (κ3) is 6.38. The number of nitrogens with two attached hydrogens (primary N) is 1. The van der Waals surface area contributed by atoms with Gasteiger partial charge in [-0.25, -0.2) is 9.18 Å². The number of aromatic nitrogens is 1. The smallest absolute Gasteiger partial charge is 0.412 e. The maximum Gasteiger partial charge on any atom is 0.412 e. The summed E-state index contributed by atoms with van der Waals surface area (Å²) in [6.07, 6.45) is -0.234. The largest absolute Gasteiger partial charge is 0.424 e. The van der Waals surface area contributed by atoms with Gasteiger partial charge in [0, 0.05) is 49.2 Å². The molecule has 0 fully saturated rings. The molecule has 2 heterocycles. The minimum atomic E-state index is -1.12. The summed E-state index contributed by atoms with van der Waals surface area (Å²) in [7, 11) is 0. The van der Waals surface area contributed by atoms with Gasteiger partial charge < -0.3 is 35.7 Å². The van der Waals surface area contributed by atoms with E-state index in [9.17, 15) is 23.6 Å². The third-order valence-electron chi connectivity index (χ3n) is 5.98. The van der Waals surface area contributed by atoms with Crippen molar-refractivity contribution in [3.8, 4) is 0 Å². The Hall–Kier alpha value is -4.19. The highest BCUT2D eigenvalue weighted by Gasteiger charge is 2.26. The predicted octanol–water partition coefficient (Wildman–Crippen LogP) is 2.69. The van der Waals surface area contributed by atoms with Crippen LogP contribution < -0.4 is 16.4 Å². The molecular weight excluding hydrogens is 497 g/mol. The van der Waals surface area contributed by atoms with Gasteiger partial charge in [-0.05, 0) is 57.5 Å². The van der Waals surface area contributed by atoms with Crippen LogP contribution in [-0.2, 0) is 19.1 Å². The third-order valence-corrected chi connectivity index (χ3v) is 5.98. The number of amides is 3. The van der Waals surface area contributed by atoms with Crippen LogP contribution in [0.1, 0.15) is 53.6 Å². The van der Waals surface area contributed by atoms with E-state index in [1.165, 1.54) is 36.9 Å². The molecule has 2 unspecified atom stereocenters.